The molecule has 5 heteroatoms. The summed E-state index contributed by atoms with van der Waals surface area (Å²) in [5.41, 5.74) is 2.31. The van der Waals surface area contributed by atoms with E-state index in [2.05, 4.69) is 23.7 Å². The Hall–Kier alpha value is -1.20. The summed E-state index contributed by atoms with van der Waals surface area (Å²) >= 11 is 5.36. The van der Waals surface area contributed by atoms with Crippen molar-refractivity contribution >= 4 is 23.3 Å². The van der Waals surface area contributed by atoms with Crippen LogP contribution in [-0.4, -0.2) is 34.1 Å². The number of H-pyrrole nitrogens is 1. The monoisotopic (exact) mass is 281 g/mol. The molecule has 0 aliphatic carbocycles. The van der Waals surface area contributed by atoms with E-state index in [0.717, 1.165) is 17.6 Å². The molecular weight excluding hydrogens is 261 g/mol. The van der Waals surface area contributed by atoms with Crippen molar-refractivity contribution in [2.45, 2.75) is 32.9 Å². The molecule has 1 heterocycles. The predicted molar refractivity (Wildman–Crippen MR) is 79.6 cm³/mol. The number of hydrogen-bond acceptors (Lipinski definition) is 2. The van der Waals surface area contributed by atoms with E-state index in [4.69, 9.17) is 12.2 Å². The van der Waals surface area contributed by atoms with Gasteiger partial charge in [-0.1, -0.05) is 0 Å². The van der Waals surface area contributed by atoms with Gasteiger partial charge >= 0.3 is 0 Å². The quantitative estimate of drug-likeness (QED) is 0.871. The van der Waals surface area contributed by atoms with Crippen LogP contribution in [0.5, 0.6) is 0 Å². The largest absolute Gasteiger partial charge is 0.330 e. The summed E-state index contributed by atoms with van der Waals surface area (Å²) in [6, 6.07) is 3.36. The summed E-state index contributed by atoms with van der Waals surface area (Å²) < 4.78 is 16.3. The van der Waals surface area contributed by atoms with E-state index in [1.807, 2.05) is 24.7 Å². The zero-order valence-corrected chi connectivity index (χ0v) is 12.9. The molecule has 1 aromatic heterocycles. The minimum absolute atomic E-state index is 0.0321. The van der Waals surface area contributed by atoms with Crippen molar-refractivity contribution in [3.05, 3.63) is 28.3 Å². The lowest BCUT2D eigenvalue weighted by atomic mass is 10.0. The van der Waals surface area contributed by atoms with Gasteiger partial charge in [0, 0.05) is 12.1 Å². The molecule has 0 aliphatic rings. The van der Waals surface area contributed by atoms with Crippen molar-refractivity contribution in [1.29, 1.82) is 0 Å². The van der Waals surface area contributed by atoms with Gasteiger partial charge in [-0.3, -0.25) is 0 Å². The maximum Gasteiger partial charge on any atom is 0.178 e. The number of halogens is 1. The Labute approximate surface area is 118 Å². The minimum atomic E-state index is -0.206. The first-order valence-electron chi connectivity index (χ1n) is 6.28. The Bertz CT molecular complexity index is 667. The Morgan fingerprint density at radius 1 is 1.37 bits per heavy atom. The second-order valence-corrected chi connectivity index (χ2v) is 6.23. The second-order valence-electron chi connectivity index (χ2n) is 5.84. The third kappa shape index (κ3) is 2.58. The van der Waals surface area contributed by atoms with Crippen molar-refractivity contribution in [3.8, 4) is 0 Å². The molecule has 1 aromatic carbocycles. The number of aryl methyl sites for hydroxylation is 1. The lowest BCUT2D eigenvalue weighted by Crippen LogP contribution is -2.42. The molecule has 0 bridgehead atoms. The van der Waals surface area contributed by atoms with Crippen molar-refractivity contribution in [3.63, 3.8) is 0 Å². The fourth-order valence-electron chi connectivity index (χ4n) is 1.97. The highest BCUT2D eigenvalue weighted by molar-refractivity contribution is 7.71. The molecule has 0 amide bonds. The summed E-state index contributed by atoms with van der Waals surface area (Å²) in [6.45, 7) is 6.84. The van der Waals surface area contributed by atoms with Crippen LogP contribution in [-0.2, 0) is 6.54 Å². The molecule has 1 N–H and O–H groups in total. The summed E-state index contributed by atoms with van der Waals surface area (Å²) in [6.07, 6.45) is 0. The Morgan fingerprint density at radius 2 is 2.00 bits per heavy atom. The van der Waals surface area contributed by atoms with Crippen molar-refractivity contribution in [1.82, 2.24) is 14.5 Å². The number of fused-ring (bicyclic) bond motifs is 1. The van der Waals surface area contributed by atoms with Crippen molar-refractivity contribution in [2.24, 2.45) is 0 Å². The number of rotatable bonds is 3. The van der Waals surface area contributed by atoms with Crippen molar-refractivity contribution < 1.29 is 4.39 Å². The molecule has 0 saturated carbocycles. The molecule has 0 unspecified atom stereocenters. The highest BCUT2D eigenvalue weighted by atomic mass is 32.1. The summed E-state index contributed by atoms with van der Waals surface area (Å²) in [4.78, 5) is 5.23. The van der Waals surface area contributed by atoms with E-state index in [-0.39, 0.29) is 11.4 Å². The van der Waals surface area contributed by atoms with E-state index >= 15 is 0 Å². The fourth-order valence-corrected chi connectivity index (χ4v) is 2.24. The second kappa shape index (κ2) is 4.72. The van der Waals surface area contributed by atoms with Gasteiger partial charge in [-0.05, 0) is 64.8 Å². The van der Waals surface area contributed by atoms with E-state index < -0.39 is 0 Å². The summed E-state index contributed by atoms with van der Waals surface area (Å²) in [5.74, 6) is -0.206. The average molecular weight is 281 g/mol. The van der Waals surface area contributed by atoms with Gasteiger partial charge in [0.15, 0.2) is 4.77 Å². The molecule has 3 nitrogen and oxygen atoms in total. The zero-order chi connectivity index (χ0) is 14.4. The molecule has 0 fully saturated rings. The van der Waals surface area contributed by atoms with Gasteiger partial charge in [-0.2, -0.15) is 0 Å². The molecule has 2 rings (SSSR count). The van der Waals surface area contributed by atoms with Crippen LogP contribution in [0, 0.1) is 17.5 Å². The summed E-state index contributed by atoms with van der Waals surface area (Å²) in [7, 11) is 4.09. The number of nitrogens with zero attached hydrogens (tertiary/aromatic N) is 2. The first-order chi connectivity index (χ1) is 8.72. The average Bonchev–Trinajstić information content (AvgIpc) is 2.56. The number of hydrogen-bond donors (Lipinski definition) is 1. The standard InChI is InChI=1S/C14H20FN3S/c1-9-6-12-11(7-10(9)15)16-13(19)18(12)8-14(2,3)17(4)5/h6-7H,8H2,1-5H3,(H,16,19). The van der Waals surface area contributed by atoms with Gasteiger partial charge in [0.25, 0.3) is 0 Å². The van der Waals surface area contributed by atoms with Crippen LogP contribution in [0.4, 0.5) is 4.39 Å². The molecule has 104 valence electrons. The first kappa shape index (κ1) is 14.2. The Kier molecular flexibility index (Phi) is 3.53. The van der Waals surface area contributed by atoms with E-state index in [9.17, 15) is 4.39 Å². The van der Waals surface area contributed by atoms with E-state index in [0.29, 0.717) is 10.3 Å². The molecule has 0 spiro atoms. The van der Waals surface area contributed by atoms with Crippen LogP contribution in [0.2, 0.25) is 0 Å². The smallest absolute Gasteiger partial charge is 0.178 e. The minimum Gasteiger partial charge on any atom is -0.330 e. The Morgan fingerprint density at radius 3 is 2.58 bits per heavy atom. The lowest BCUT2D eigenvalue weighted by molar-refractivity contribution is 0.170. The van der Waals surface area contributed by atoms with E-state index in [1.165, 1.54) is 6.07 Å². The maximum absolute atomic E-state index is 13.6. The van der Waals surface area contributed by atoms with Gasteiger partial charge in [0.1, 0.15) is 5.82 Å². The van der Waals surface area contributed by atoms with Crippen molar-refractivity contribution in [2.75, 3.05) is 14.1 Å². The highest BCUT2D eigenvalue weighted by Gasteiger charge is 2.22. The number of benzene rings is 1. The molecule has 0 aliphatic heterocycles. The molecule has 0 saturated heterocycles. The van der Waals surface area contributed by atoms with Gasteiger partial charge in [-0.15, -0.1) is 0 Å². The number of aromatic amines is 1. The molecule has 0 atom stereocenters. The molecular formula is C14H20FN3S. The lowest BCUT2D eigenvalue weighted by Gasteiger charge is -2.33. The summed E-state index contributed by atoms with van der Waals surface area (Å²) in [5, 5.41) is 0. The van der Waals surface area contributed by atoms with Crippen LogP contribution in [0.25, 0.3) is 11.0 Å². The normalized spacial score (nSPS) is 12.6. The molecule has 0 radical (unpaired) electrons. The number of likely N-dealkylation sites (N-methyl/N-ethyl adjacent to an activating group) is 1. The van der Waals surface area contributed by atoms with Gasteiger partial charge < -0.3 is 14.5 Å². The van der Waals surface area contributed by atoms with E-state index in [1.54, 1.807) is 6.92 Å². The van der Waals surface area contributed by atoms with Crippen LogP contribution < -0.4 is 0 Å². The van der Waals surface area contributed by atoms with Crippen LogP contribution in [0.3, 0.4) is 0 Å². The number of imidazole rings is 1. The molecule has 2 aromatic rings. The van der Waals surface area contributed by atoms with Gasteiger partial charge in [-0.25, -0.2) is 4.39 Å². The number of aromatic nitrogens is 2. The van der Waals surface area contributed by atoms with Gasteiger partial charge in [0.2, 0.25) is 0 Å². The van der Waals surface area contributed by atoms with Crippen LogP contribution in [0.1, 0.15) is 19.4 Å². The molecule has 19 heavy (non-hydrogen) atoms. The maximum atomic E-state index is 13.6. The first-order valence-corrected chi connectivity index (χ1v) is 6.69. The fraction of sp³-hybridized carbons (Fsp3) is 0.500. The van der Waals surface area contributed by atoms with Crippen LogP contribution >= 0.6 is 12.2 Å². The third-order valence-electron chi connectivity index (χ3n) is 3.81. The Balaban J connectivity index is 2.58. The van der Waals surface area contributed by atoms with Gasteiger partial charge in [0.05, 0.1) is 11.0 Å². The SMILES string of the molecule is Cc1cc2c(cc1F)[nH]c(=S)n2CC(C)(C)N(C)C. The zero-order valence-electron chi connectivity index (χ0n) is 12.0. The van der Waals surface area contributed by atoms with Crippen LogP contribution in [0.15, 0.2) is 12.1 Å². The highest BCUT2D eigenvalue weighted by Crippen LogP contribution is 2.22. The topological polar surface area (TPSA) is 24.0 Å². The third-order valence-corrected chi connectivity index (χ3v) is 4.13. The number of nitrogens with one attached hydrogen (secondary N) is 1. The predicted octanol–water partition coefficient (Wildman–Crippen LogP) is 3.49.